The summed E-state index contributed by atoms with van der Waals surface area (Å²) in [6.45, 7) is -1.42. The first-order valence-corrected chi connectivity index (χ1v) is 5.18. The molecule has 1 aromatic carbocycles. The molecule has 1 rings (SSSR count). The van der Waals surface area contributed by atoms with Crippen molar-refractivity contribution in [3.05, 3.63) is 29.8 Å². The van der Waals surface area contributed by atoms with E-state index in [0.717, 1.165) is 0 Å². The Kier molecular flexibility index (Phi) is 4.74. The number of hydrogen-bond acceptors (Lipinski definition) is 2. The molecule has 0 aliphatic rings. The zero-order chi connectivity index (χ0) is 14.5. The van der Waals surface area contributed by atoms with Crippen molar-refractivity contribution in [2.45, 2.75) is 12.6 Å². The predicted molar refractivity (Wildman–Crippen MR) is 60.9 cm³/mol. The lowest BCUT2D eigenvalue weighted by Gasteiger charge is -2.10. The van der Waals surface area contributed by atoms with Gasteiger partial charge < -0.3 is 15.7 Å². The minimum absolute atomic E-state index is 0.166. The third-order valence-electron chi connectivity index (χ3n) is 2.02. The van der Waals surface area contributed by atoms with Gasteiger partial charge in [-0.1, -0.05) is 12.1 Å². The number of alkyl halides is 3. The lowest BCUT2D eigenvalue weighted by molar-refractivity contribution is -0.136. The Morgan fingerprint density at radius 2 is 1.74 bits per heavy atom. The Balaban J connectivity index is 2.49. The number of anilines is 1. The van der Waals surface area contributed by atoms with E-state index in [4.69, 9.17) is 5.11 Å². The van der Waals surface area contributed by atoms with Crippen LogP contribution in [-0.2, 0) is 11.2 Å². The maximum Gasteiger partial charge on any atom is 0.405 e. The minimum atomic E-state index is -4.47. The van der Waals surface area contributed by atoms with E-state index in [9.17, 15) is 22.8 Å². The van der Waals surface area contributed by atoms with Crippen molar-refractivity contribution < 1.29 is 27.9 Å². The zero-order valence-corrected chi connectivity index (χ0v) is 9.62. The maximum absolute atomic E-state index is 11.8. The van der Waals surface area contributed by atoms with Gasteiger partial charge in [0.2, 0.25) is 0 Å². The Morgan fingerprint density at radius 3 is 2.21 bits per heavy atom. The van der Waals surface area contributed by atoms with Gasteiger partial charge in [0.05, 0.1) is 6.42 Å². The van der Waals surface area contributed by atoms with Crippen LogP contribution >= 0.6 is 0 Å². The topological polar surface area (TPSA) is 78.4 Å². The average Bonchev–Trinajstić information content (AvgIpc) is 2.28. The van der Waals surface area contributed by atoms with E-state index >= 15 is 0 Å². The van der Waals surface area contributed by atoms with Crippen LogP contribution in [0.3, 0.4) is 0 Å². The van der Waals surface area contributed by atoms with Gasteiger partial charge in [-0.15, -0.1) is 0 Å². The summed E-state index contributed by atoms with van der Waals surface area (Å²) in [5, 5.41) is 12.4. The normalized spacial score (nSPS) is 10.9. The third kappa shape index (κ3) is 6.29. The molecule has 0 atom stereocenters. The number of amides is 2. The molecule has 0 heterocycles. The average molecular weight is 276 g/mol. The molecular formula is C11H11F3N2O3. The molecule has 0 aliphatic heterocycles. The van der Waals surface area contributed by atoms with E-state index in [1.165, 1.54) is 24.3 Å². The number of carbonyl (C=O) groups excluding carboxylic acids is 1. The molecule has 0 bridgehead atoms. The molecule has 0 saturated carbocycles. The molecular weight excluding hydrogens is 265 g/mol. The molecule has 2 amide bonds. The second kappa shape index (κ2) is 6.07. The highest BCUT2D eigenvalue weighted by Gasteiger charge is 2.27. The van der Waals surface area contributed by atoms with Gasteiger partial charge in [0.15, 0.2) is 0 Å². The Bertz CT molecular complexity index is 457. The van der Waals surface area contributed by atoms with Crippen molar-refractivity contribution in [1.82, 2.24) is 5.32 Å². The van der Waals surface area contributed by atoms with Crippen molar-refractivity contribution in [3.8, 4) is 0 Å². The number of aliphatic carboxylic acids is 1. The van der Waals surface area contributed by atoms with E-state index < -0.39 is 24.7 Å². The van der Waals surface area contributed by atoms with E-state index in [-0.39, 0.29) is 12.1 Å². The van der Waals surface area contributed by atoms with Gasteiger partial charge >= 0.3 is 18.2 Å². The van der Waals surface area contributed by atoms with Gasteiger partial charge in [-0.05, 0) is 17.7 Å². The van der Waals surface area contributed by atoms with Crippen LogP contribution < -0.4 is 10.6 Å². The summed E-state index contributed by atoms with van der Waals surface area (Å²) in [5.41, 5.74) is 0.794. The van der Waals surface area contributed by atoms with E-state index in [1.807, 2.05) is 0 Å². The van der Waals surface area contributed by atoms with Crippen LogP contribution in [-0.4, -0.2) is 29.8 Å². The van der Waals surface area contributed by atoms with E-state index in [2.05, 4.69) is 5.32 Å². The van der Waals surface area contributed by atoms with E-state index in [1.54, 1.807) is 5.32 Å². The molecule has 0 aliphatic carbocycles. The van der Waals surface area contributed by atoms with Crippen molar-refractivity contribution in [3.63, 3.8) is 0 Å². The molecule has 8 heteroatoms. The summed E-state index contributed by atoms with van der Waals surface area (Å²) >= 11 is 0. The summed E-state index contributed by atoms with van der Waals surface area (Å²) in [5.74, 6) is -0.997. The highest BCUT2D eigenvalue weighted by molar-refractivity contribution is 5.89. The van der Waals surface area contributed by atoms with Gasteiger partial charge in [0.25, 0.3) is 0 Å². The standard InChI is InChI=1S/C11H11F3N2O3/c12-11(13,14)6-15-10(19)16-8-3-1-7(2-4-8)5-9(17)18/h1-4H,5-6H2,(H,17,18)(H2,15,16,19). The number of carboxylic acid groups (broad SMARTS) is 1. The number of benzene rings is 1. The number of carbonyl (C=O) groups is 2. The van der Waals surface area contributed by atoms with E-state index in [0.29, 0.717) is 5.56 Å². The van der Waals surface area contributed by atoms with Gasteiger partial charge in [-0.3, -0.25) is 4.79 Å². The first-order valence-electron chi connectivity index (χ1n) is 5.18. The van der Waals surface area contributed by atoms with Gasteiger partial charge in [0, 0.05) is 5.69 Å². The van der Waals surface area contributed by atoms with Gasteiger partial charge in [-0.25, -0.2) is 4.79 Å². The molecule has 5 nitrogen and oxygen atoms in total. The van der Waals surface area contributed by atoms with Crippen LogP contribution in [0, 0.1) is 0 Å². The van der Waals surface area contributed by atoms with Crippen LogP contribution in [0.15, 0.2) is 24.3 Å². The number of rotatable bonds is 4. The lowest BCUT2D eigenvalue weighted by atomic mass is 10.1. The Hall–Kier alpha value is -2.25. The summed E-state index contributed by atoms with van der Waals surface area (Å²) in [4.78, 5) is 21.5. The molecule has 1 aromatic rings. The Labute approximate surface area is 106 Å². The monoisotopic (exact) mass is 276 g/mol. The van der Waals surface area contributed by atoms with Crippen LogP contribution in [0.2, 0.25) is 0 Å². The third-order valence-corrected chi connectivity index (χ3v) is 2.02. The summed E-state index contributed by atoms with van der Waals surface area (Å²) in [6, 6.07) is 4.76. The fourth-order valence-electron chi connectivity index (χ4n) is 1.24. The first kappa shape index (κ1) is 14.8. The first-order chi connectivity index (χ1) is 8.76. The predicted octanol–water partition coefficient (Wildman–Crippen LogP) is 2.00. The van der Waals surface area contributed by atoms with Crippen molar-refractivity contribution in [1.29, 1.82) is 0 Å². The summed E-state index contributed by atoms with van der Waals surface area (Å²) in [7, 11) is 0. The lowest BCUT2D eigenvalue weighted by Crippen LogP contribution is -2.36. The zero-order valence-electron chi connectivity index (χ0n) is 9.62. The fourth-order valence-corrected chi connectivity index (χ4v) is 1.24. The van der Waals surface area contributed by atoms with Gasteiger partial charge in [-0.2, -0.15) is 13.2 Å². The number of hydrogen-bond donors (Lipinski definition) is 3. The number of nitrogens with one attached hydrogen (secondary N) is 2. The Morgan fingerprint density at radius 1 is 1.16 bits per heavy atom. The second-order valence-corrected chi connectivity index (χ2v) is 3.69. The highest BCUT2D eigenvalue weighted by atomic mass is 19.4. The number of urea groups is 1. The molecule has 0 radical (unpaired) electrons. The molecule has 0 aromatic heterocycles. The smallest absolute Gasteiger partial charge is 0.405 e. The maximum atomic E-state index is 11.8. The molecule has 19 heavy (non-hydrogen) atoms. The van der Waals surface area contributed by atoms with Crippen LogP contribution in [0.1, 0.15) is 5.56 Å². The molecule has 3 N–H and O–H groups in total. The van der Waals surface area contributed by atoms with Crippen LogP contribution in [0.4, 0.5) is 23.7 Å². The largest absolute Gasteiger partial charge is 0.481 e. The van der Waals surface area contributed by atoms with Crippen LogP contribution in [0.5, 0.6) is 0 Å². The van der Waals surface area contributed by atoms with Gasteiger partial charge in [0.1, 0.15) is 6.54 Å². The molecule has 0 spiro atoms. The fraction of sp³-hybridized carbons (Fsp3) is 0.273. The van der Waals surface area contributed by atoms with Crippen molar-refractivity contribution in [2.75, 3.05) is 11.9 Å². The highest BCUT2D eigenvalue weighted by Crippen LogP contribution is 2.13. The summed E-state index contributed by atoms with van der Waals surface area (Å²) in [6.07, 6.45) is -4.64. The van der Waals surface area contributed by atoms with Crippen molar-refractivity contribution in [2.24, 2.45) is 0 Å². The second-order valence-electron chi connectivity index (χ2n) is 3.69. The van der Waals surface area contributed by atoms with Crippen molar-refractivity contribution >= 4 is 17.7 Å². The van der Waals surface area contributed by atoms with Crippen LogP contribution in [0.25, 0.3) is 0 Å². The molecule has 0 saturated heterocycles. The summed E-state index contributed by atoms with van der Waals surface area (Å²) < 4.78 is 35.5. The molecule has 104 valence electrons. The number of carboxylic acids is 1. The number of halogens is 3. The quantitative estimate of drug-likeness (QED) is 0.787. The molecule has 0 unspecified atom stereocenters. The molecule has 0 fully saturated rings. The SMILES string of the molecule is O=C(O)Cc1ccc(NC(=O)NCC(F)(F)F)cc1. The minimum Gasteiger partial charge on any atom is -0.481 e.